The van der Waals surface area contributed by atoms with Gasteiger partial charge in [-0.15, -0.1) is 0 Å². The molecule has 2 aromatic heterocycles. The number of pyridine rings is 1. The van der Waals surface area contributed by atoms with Gasteiger partial charge in [0.1, 0.15) is 0 Å². The molecular weight excluding hydrogens is 224 g/mol. The summed E-state index contributed by atoms with van der Waals surface area (Å²) >= 11 is 1.20. The zero-order valence-electron chi connectivity index (χ0n) is 8.80. The van der Waals surface area contributed by atoms with Gasteiger partial charge >= 0.3 is 4.87 Å². The Balaban J connectivity index is 2.30. The maximum Gasteiger partial charge on any atom is 0.307 e. The molecule has 0 bridgehead atoms. The van der Waals surface area contributed by atoms with Gasteiger partial charge in [0, 0.05) is 17.3 Å². The maximum absolute atomic E-state index is 11.5. The molecule has 0 atom stereocenters. The van der Waals surface area contributed by atoms with E-state index in [-0.39, 0.29) is 4.87 Å². The van der Waals surface area contributed by atoms with Crippen molar-refractivity contribution in [2.24, 2.45) is 5.84 Å². The number of hydrogen-bond acceptors (Lipinski definition) is 5. The summed E-state index contributed by atoms with van der Waals surface area (Å²) in [6.07, 6.45) is 1.66. The zero-order valence-corrected chi connectivity index (χ0v) is 9.62. The molecule has 6 heteroatoms. The molecule has 84 valence electrons. The molecule has 0 radical (unpaired) electrons. The van der Waals surface area contributed by atoms with Crippen LogP contribution in [-0.2, 0) is 6.54 Å². The summed E-state index contributed by atoms with van der Waals surface area (Å²) in [7, 11) is 0. The first-order chi connectivity index (χ1) is 7.70. The predicted octanol–water partition coefficient (Wildman–Crippen LogP) is 0.947. The lowest BCUT2D eigenvalue weighted by atomic mass is 10.3. The Bertz CT molecular complexity index is 546. The number of hydrogen-bond donors (Lipinski definition) is 2. The number of aromatic nitrogens is 2. The van der Waals surface area contributed by atoms with Crippen molar-refractivity contribution in [2.45, 2.75) is 13.5 Å². The summed E-state index contributed by atoms with van der Waals surface area (Å²) < 4.78 is 1.69. The highest BCUT2D eigenvalue weighted by molar-refractivity contribution is 7.07. The fourth-order valence-electron chi connectivity index (χ4n) is 1.41. The SMILES string of the molecule is Cc1csc(=O)n1Cc1cc(NN)ccn1. The maximum atomic E-state index is 11.5. The van der Waals surface area contributed by atoms with Crippen molar-refractivity contribution >= 4 is 17.0 Å². The Kier molecular flexibility index (Phi) is 3.02. The van der Waals surface area contributed by atoms with E-state index in [1.54, 1.807) is 16.8 Å². The van der Waals surface area contributed by atoms with Gasteiger partial charge in [0.2, 0.25) is 0 Å². The summed E-state index contributed by atoms with van der Waals surface area (Å²) in [5, 5.41) is 1.84. The summed E-state index contributed by atoms with van der Waals surface area (Å²) in [6, 6.07) is 3.59. The quantitative estimate of drug-likeness (QED) is 0.614. The highest BCUT2D eigenvalue weighted by Crippen LogP contribution is 2.08. The number of anilines is 1. The smallest absolute Gasteiger partial charge is 0.307 e. The lowest BCUT2D eigenvalue weighted by Crippen LogP contribution is -2.16. The summed E-state index contributed by atoms with van der Waals surface area (Å²) in [5.74, 6) is 5.31. The first-order valence-electron chi connectivity index (χ1n) is 4.77. The summed E-state index contributed by atoms with van der Waals surface area (Å²) in [5.41, 5.74) is 5.09. The van der Waals surface area contributed by atoms with Gasteiger partial charge in [-0.25, -0.2) is 0 Å². The van der Waals surface area contributed by atoms with E-state index >= 15 is 0 Å². The topological polar surface area (TPSA) is 72.9 Å². The van der Waals surface area contributed by atoms with Gasteiger partial charge in [0.05, 0.1) is 17.9 Å². The molecule has 0 fully saturated rings. The second-order valence-electron chi connectivity index (χ2n) is 3.41. The molecule has 0 saturated heterocycles. The van der Waals surface area contributed by atoms with Crippen LogP contribution in [0.4, 0.5) is 5.69 Å². The van der Waals surface area contributed by atoms with Crippen LogP contribution >= 0.6 is 11.3 Å². The van der Waals surface area contributed by atoms with E-state index in [2.05, 4.69) is 10.4 Å². The van der Waals surface area contributed by atoms with Crippen LogP contribution in [0.1, 0.15) is 11.4 Å². The van der Waals surface area contributed by atoms with Crippen molar-refractivity contribution in [1.29, 1.82) is 0 Å². The third-order valence-corrected chi connectivity index (χ3v) is 3.16. The normalized spacial score (nSPS) is 10.4. The predicted molar refractivity (Wildman–Crippen MR) is 64.5 cm³/mol. The zero-order chi connectivity index (χ0) is 11.5. The minimum atomic E-state index is 0.0328. The molecular formula is C10H12N4OS. The van der Waals surface area contributed by atoms with Crippen LogP contribution in [0.15, 0.2) is 28.5 Å². The van der Waals surface area contributed by atoms with Gasteiger partial charge in [0.25, 0.3) is 0 Å². The molecule has 2 heterocycles. The average Bonchev–Trinajstić information content (AvgIpc) is 2.61. The number of rotatable bonds is 3. The standard InChI is InChI=1S/C10H12N4OS/c1-7-6-16-10(15)14(7)5-9-4-8(13-11)2-3-12-9/h2-4,6H,5,11H2,1H3,(H,12,13). The van der Waals surface area contributed by atoms with E-state index in [9.17, 15) is 4.79 Å². The molecule has 0 unspecified atom stereocenters. The van der Waals surface area contributed by atoms with E-state index in [0.717, 1.165) is 17.1 Å². The molecule has 0 aliphatic heterocycles. The van der Waals surface area contributed by atoms with Gasteiger partial charge in [0.15, 0.2) is 0 Å². The molecule has 5 nitrogen and oxygen atoms in total. The fourth-order valence-corrected chi connectivity index (χ4v) is 2.15. The second-order valence-corrected chi connectivity index (χ2v) is 4.23. The molecule has 0 aliphatic rings. The summed E-state index contributed by atoms with van der Waals surface area (Å²) in [4.78, 5) is 15.7. The van der Waals surface area contributed by atoms with E-state index in [4.69, 9.17) is 5.84 Å². The van der Waals surface area contributed by atoms with Crippen LogP contribution < -0.4 is 16.1 Å². The molecule has 0 aromatic carbocycles. The monoisotopic (exact) mass is 236 g/mol. The molecule has 0 aliphatic carbocycles. The number of aryl methyl sites for hydroxylation is 1. The molecule has 2 rings (SSSR count). The third kappa shape index (κ3) is 2.12. The highest BCUT2D eigenvalue weighted by atomic mass is 32.1. The van der Waals surface area contributed by atoms with Crippen molar-refractivity contribution in [3.05, 3.63) is 44.8 Å². The van der Waals surface area contributed by atoms with Gasteiger partial charge in [-0.05, 0) is 19.1 Å². The first-order valence-corrected chi connectivity index (χ1v) is 5.65. The minimum absolute atomic E-state index is 0.0328. The minimum Gasteiger partial charge on any atom is -0.324 e. The van der Waals surface area contributed by atoms with Gasteiger partial charge in [-0.1, -0.05) is 11.3 Å². The Morgan fingerprint density at radius 1 is 1.62 bits per heavy atom. The van der Waals surface area contributed by atoms with Crippen molar-refractivity contribution in [1.82, 2.24) is 9.55 Å². The van der Waals surface area contributed by atoms with Crippen LogP contribution in [0.25, 0.3) is 0 Å². The van der Waals surface area contributed by atoms with Crippen molar-refractivity contribution in [3.8, 4) is 0 Å². The first kappa shape index (κ1) is 10.8. The van der Waals surface area contributed by atoms with Gasteiger partial charge < -0.3 is 5.43 Å². The Labute approximate surface area is 96.5 Å². The number of thiazole rings is 1. The average molecular weight is 236 g/mol. The van der Waals surface area contributed by atoms with Crippen LogP contribution in [0, 0.1) is 6.92 Å². The number of nitrogens with two attached hydrogens (primary N) is 1. The van der Waals surface area contributed by atoms with Crippen molar-refractivity contribution in [2.75, 3.05) is 5.43 Å². The number of hydrazine groups is 1. The van der Waals surface area contributed by atoms with Gasteiger partial charge in [-0.3, -0.25) is 20.2 Å². The molecule has 0 saturated carbocycles. The lowest BCUT2D eigenvalue weighted by Gasteiger charge is -2.05. The van der Waals surface area contributed by atoms with E-state index in [0.29, 0.717) is 6.54 Å². The Morgan fingerprint density at radius 2 is 2.44 bits per heavy atom. The number of nitrogens with zero attached hydrogens (tertiary/aromatic N) is 2. The van der Waals surface area contributed by atoms with Crippen molar-refractivity contribution in [3.63, 3.8) is 0 Å². The molecule has 16 heavy (non-hydrogen) atoms. The highest BCUT2D eigenvalue weighted by Gasteiger charge is 2.04. The number of nitrogen functional groups attached to an aromatic ring is 1. The molecule has 3 N–H and O–H groups in total. The molecule has 0 spiro atoms. The number of nitrogens with one attached hydrogen (secondary N) is 1. The van der Waals surface area contributed by atoms with Crippen LogP contribution in [0.5, 0.6) is 0 Å². The van der Waals surface area contributed by atoms with E-state index in [1.807, 2.05) is 18.4 Å². The van der Waals surface area contributed by atoms with Crippen LogP contribution in [-0.4, -0.2) is 9.55 Å². The largest absolute Gasteiger partial charge is 0.324 e. The third-order valence-electron chi connectivity index (χ3n) is 2.28. The fraction of sp³-hybridized carbons (Fsp3) is 0.200. The molecule has 2 aromatic rings. The van der Waals surface area contributed by atoms with Crippen LogP contribution in [0.3, 0.4) is 0 Å². The Hall–Kier alpha value is -1.66. The Morgan fingerprint density at radius 3 is 3.06 bits per heavy atom. The van der Waals surface area contributed by atoms with Gasteiger partial charge in [-0.2, -0.15) is 0 Å². The van der Waals surface area contributed by atoms with Crippen molar-refractivity contribution < 1.29 is 0 Å². The second kappa shape index (κ2) is 4.46. The molecule has 0 amide bonds. The van der Waals surface area contributed by atoms with E-state index in [1.165, 1.54) is 11.3 Å². The lowest BCUT2D eigenvalue weighted by molar-refractivity contribution is 0.735. The summed E-state index contributed by atoms with van der Waals surface area (Å²) in [6.45, 7) is 2.38. The van der Waals surface area contributed by atoms with E-state index < -0.39 is 0 Å². The van der Waals surface area contributed by atoms with Crippen LogP contribution in [0.2, 0.25) is 0 Å².